The van der Waals surface area contributed by atoms with Gasteiger partial charge in [0, 0.05) is 0 Å². The molecule has 0 atom stereocenters. The zero-order valence-corrected chi connectivity index (χ0v) is 32.5. The van der Waals surface area contributed by atoms with Gasteiger partial charge >= 0.3 is 19.5 Å². The van der Waals surface area contributed by atoms with Gasteiger partial charge in [-0.25, -0.2) is 0 Å². The van der Waals surface area contributed by atoms with E-state index in [4.69, 9.17) is 0 Å². The first-order valence-corrected chi connectivity index (χ1v) is 15.7. The SMILES string of the molecule is CC(C=CC1=C(C)CCCC1(C)C)=CC=CC(C)=CC(=O)[O-].CC(C=CC1=C(C)CCCC1(C)C)=CC=CC(C)=CC(=O)[O-].[Zn+2]. The molecule has 0 bridgehead atoms. The second kappa shape index (κ2) is 20.2. The van der Waals surface area contributed by atoms with Crippen LogP contribution in [0.15, 0.2) is 117 Å². The fraction of sp³-hybridized carbons (Fsp3) is 0.450. The van der Waals surface area contributed by atoms with Gasteiger partial charge in [-0.05, 0) is 125 Å². The van der Waals surface area contributed by atoms with Crippen LogP contribution >= 0.6 is 0 Å². The first-order chi connectivity index (χ1) is 20.4. The van der Waals surface area contributed by atoms with Crippen molar-refractivity contribution in [2.75, 3.05) is 0 Å². The molecule has 0 saturated carbocycles. The summed E-state index contributed by atoms with van der Waals surface area (Å²) in [6.45, 7) is 21.3. The van der Waals surface area contributed by atoms with E-state index >= 15 is 0 Å². The molecule has 0 heterocycles. The van der Waals surface area contributed by atoms with Gasteiger partial charge in [0.05, 0.1) is 11.9 Å². The monoisotopic (exact) mass is 662 g/mol. The minimum Gasteiger partial charge on any atom is -0.545 e. The molecule has 0 N–H and O–H groups in total. The molecule has 0 saturated heterocycles. The molecule has 0 amide bonds. The average molecular weight is 664 g/mol. The Morgan fingerprint density at radius 2 is 0.933 bits per heavy atom. The van der Waals surface area contributed by atoms with E-state index in [0.29, 0.717) is 11.1 Å². The first-order valence-electron chi connectivity index (χ1n) is 15.7. The van der Waals surface area contributed by atoms with Crippen LogP contribution in [0.3, 0.4) is 0 Å². The Hall–Kier alpha value is -3.04. The zero-order valence-electron chi connectivity index (χ0n) is 29.5. The predicted octanol–water partition coefficient (Wildman–Crippen LogP) is 8.53. The third-order valence-corrected chi connectivity index (χ3v) is 8.24. The van der Waals surface area contributed by atoms with Crippen LogP contribution in [0.5, 0.6) is 0 Å². The van der Waals surface area contributed by atoms with Crippen LogP contribution in [-0.4, -0.2) is 11.9 Å². The molecule has 4 nitrogen and oxygen atoms in total. The van der Waals surface area contributed by atoms with Crippen LogP contribution in [0.25, 0.3) is 0 Å². The number of rotatable bonds is 10. The van der Waals surface area contributed by atoms with Gasteiger partial charge in [0.15, 0.2) is 0 Å². The summed E-state index contributed by atoms with van der Waals surface area (Å²) in [7, 11) is 0. The van der Waals surface area contributed by atoms with E-state index in [9.17, 15) is 19.8 Å². The van der Waals surface area contributed by atoms with E-state index in [1.54, 1.807) is 26.0 Å². The standard InChI is InChI=1S/2C20H28O2.Zn/c2*1-15(8-6-9-16(2)14-19(21)22)11-12-18-17(3)10-7-13-20(18,4)5;/h2*6,8-9,11-12,14H,7,10,13H2,1-5H3,(H,21,22);/q;;+2/p-2. The number of allylic oxidation sites excluding steroid dienone is 18. The van der Waals surface area contributed by atoms with Crippen molar-refractivity contribution in [2.24, 2.45) is 10.8 Å². The zero-order chi connectivity index (χ0) is 33.5. The Kier molecular flexibility index (Phi) is 18.8. The largest absolute Gasteiger partial charge is 2.00 e. The number of carbonyl (C=O) groups excluding carboxylic acids is 2. The number of carbonyl (C=O) groups is 2. The summed E-state index contributed by atoms with van der Waals surface area (Å²) in [6, 6.07) is 0. The van der Waals surface area contributed by atoms with E-state index in [1.807, 2.05) is 38.2 Å². The topological polar surface area (TPSA) is 80.3 Å². The van der Waals surface area contributed by atoms with Gasteiger partial charge in [0.25, 0.3) is 0 Å². The second-order valence-electron chi connectivity index (χ2n) is 13.5. The van der Waals surface area contributed by atoms with Crippen LogP contribution in [0.4, 0.5) is 0 Å². The first kappa shape index (κ1) is 42.0. The molecular weight excluding hydrogens is 610 g/mol. The molecule has 0 spiro atoms. The van der Waals surface area contributed by atoms with Gasteiger partial charge in [0.1, 0.15) is 0 Å². The number of carboxylic acid groups (broad SMARTS) is 2. The second-order valence-corrected chi connectivity index (χ2v) is 13.5. The molecule has 45 heavy (non-hydrogen) atoms. The maximum absolute atomic E-state index is 10.4. The summed E-state index contributed by atoms with van der Waals surface area (Å²) < 4.78 is 0. The molecule has 0 aliphatic heterocycles. The average Bonchev–Trinajstić information content (AvgIpc) is 2.87. The quantitative estimate of drug-likeness (QED) is 0.133. The number of aliphatic carboxylic acids is 2. The molecule has 0 aromatic heterocycles. The van der Waals surface area contributed by atoms with Crippen LogP contribution in [0, 0.1) is 10.8 Å². The Morgan fingerprint density at radius 3 is 1.22 bits per heavy atom. The molecular formula is C40H54O4Zn. The molecule has 2 rings (SSSR count). The molecule has 240 valence electrons. The van der Waals surface area contributed by atoms with E-state index in [2.05, 4.69) is 65.8 Å². The molecule has 0 fully saturated rings. The molecule has 2 aliphatic rings. The van der Waals surface area contributed by atoms with Gasteiger partial charge in [-0.2, -0.15) is 0 Å². The van der Waals surface area contributed by atoms with Crippen molar-refractivity contribution in [3.8, 4) is 0 Å². The summed E-state index contributed by atoms with van der Waals surface area (Å²) in [5.74, 6) is -2.32. The van der Waals surface area contributed by atoms with Crippen molar-refractivity contribution in [1.82, 2.24) is 0 Å². The van der Waals surface area contributed by atoms with Crippen molar-refractivity contribution in [3.05, 3.63) is 117 Å². The van der Waals surface area contributed by atoms with Gasteiger partial charge in [-0.3, -0.25) is 0 Å². The van der Waals surface area contributed by atoms with Crippen molar-refractivity contribution in [3.63, 3.8) is 0 Å². The number of carboxylic acids is 2. The molecule has 2 aliphatic carbocycles. The minimum atomic E-state index is -1.16. The number of hydrogen-bond donors (Lipinski definition) is 0. The van der Waals surface area contributed by atoms with E-state index in [0.717, 1.165) is 23.3 Å². The third-order valence-electron chi connectivity index (χ3n) is 8.24. The summed E-state index contributed by atoms with van der Waals surface area (Å²) in [5, 5.41) is 20.8. The molecule has 0 aromatic carbocycles. The van der Waals surface area contributed by atoms with Crippen LogP contribution in [0.2, 0.25) is 0 Å². The molecule has 5 heteroatoms. The fourth-order valence-electron chi connectivity index (χ4n) is 5.73. The minimum absolute atomic E-state index is 0. The molecule has 0 unspecified atom stereocenters. The maximum Gasteiger partial charge on any atom is 2.00 e. The Morgan fingerprint density at radius 1 is 0.600 bits per heavy atom. The summed E-state index contributed by atoms with van der Waals surface area (Å²) in [4.78, 5) is 20.8. The Bertz CT molecular complexity index is 1240. The summed E-state index contributed by atoms with van der Waals surface area (Å²) >= 11 is 0. The van der Waals surface area contributed by atoms with Crippen molar-refractivity contribution in [1.29, 1.82) is 0 Å². The molecule has 0 radical (unpaired) electrons. The van der Waals surface area contributed by atoms with Crippen LogP contribution < -0.4 is 10.2 Å². The van der Waals surface area contributed by atoms with Crippen molar-refractivity contribution >= 4 is 11.9 Å². The maximum atomic E-state index is 10.4. The normalized spacial score (nSPS) is 19.8. The Labute approximate surface area is 286 Å². The van der Waals surface area contributed by atoms with Crippen LogP contribution in [-0.2, 0) is 29.1 Å². The van der Waals surface area contributed by atoms with E-state index < -0.39 is 11.9 Å². The number of hydrogen-bond acceptors (Lipinski definition) is 4. The third kappa shape index (κ3) is 16.7. The fourth-order valence-corrected chi connectivity index (χ4v) is 5.73. The summed E-state index contributed by atoms with van der Waals surface area (Å²) in [6.07, 6.45) is 29.5. The smallest absolute Gasteiger partial charge is 0.545 e. The molecule has 0 aromatic rings. The summed E-state index contributed by atoms with van der Waals surface area (Å²) in [5.41, 5.74) is 9.99. The van der Waals surface area contributed by atoms with Gasteiger partial charge in [-0.15, -0.1) is 0 Å². The van der Waals surface area contributed by atoms with Gasteiger partial charge in [-0.1, -0.05) is 111 Å². The Balaban J connectivity index is 0.000000842. The van der Waals surface area contributed by atoms with Crippen molar-refractivity contribution in [2.45, 2.75) is 108 Å². The van der Waals surface area contributed by atoms with Crippen LogP contribution in [0.1, 0.15) is 108 Å². The van der Waals surface area contributed by atoms with Gasteiger partial charge in [0.2, 0.25) is 0 Å². The van der Waals surface area contributed by atoms with E-state index in [-0.39, 0.29) is 30.3 Å². The predicted molar refractivity (Wildman–Crippen MR) is 182 cm³/mol. The van der Waals surface area contributed by atoms with Gasteiger partial charge < -0.3 is 19.8 Å². The van der Waals surface area contributed by atoms with E-state index in [1.165, 1.54) is 60.8 Å². The van der Waals surface area contributed by atoms with Crippen molar-refractivity contribution < 1.29 is 39.3 Å².